The first-order chi connectivity index (χ1) is 15.7. The third kappa shape index (κ3) is 8.62. The van der Waals surface area contributed by atoms with Crippen LogP contribution in [0, 0.1) is 0 Å². The maximum Gasteiger partial charge on any atom is 0.326 e. The van der Waals surface area contributed by atoms with Crippen LogP contribution in [0.5, 0.6) is 5.75 Å². The fraction of sp³-hybridized carbons (Fsp3) is 0.304. The van der Waals surface area contributed by atoms with Gasteiger partial charge in [-0.25, -0.2) is 4.79 Å². The van der Waals surface area contributed by atoms with Crippen LogP contribution in [-0.2, 0) is 32.0 Å². The number of carboxylic acid groups (broad SMARTS) is 1. The van der Waals surface area contributed by atoms with E-state index >= 15 is 0 Å². The summed E-state index contributed by atoms with van der Waals surface area (Å²) in [5.74, 6) is -2.94. The molecule has 3 unspecified atom stereocenters. The van der Waals surface area contributed by atoms with Crippen molar-refractivity contribution >= 4 is 23.7 Å². The summed E-state index contributed by atoms with van der Waals surface area (Å²) in [5.41, 5.74) is 7.37. The lowest BCUT2D eigenvalue weighted by atomic mass is 10.1. The number of carboxylic acids is 1. The predicted molar refractivity (Wildman–Crippen MR) is 120 cm³/mol. The summed E-state index contributed by atoms with van der Waals surface area (Å²) in [6.07, 6.45) is 0.308. The number of nitrogens with one attached hydrogen (secondary N) is 3. The largest absolute Gasteiger partial charge is 0.508 e. The fourth-order valence-corrected chi connectivity index (χ4v) is 2.98. The van der Waals surface area contributed by atoms with Gasteiger partial charge in [-0.1, -0.05) is 42.5 Å². The number of benzene rings is 2. The summed E-state index contributed by atoms with van der Waals surface area (Å²) in [5, 5.41) is 25.9. The lowest BCUT2D eigenvalue weighted by Crippen LogP contribution is -2.52. The van der Waals surface area contributed by atoms with Crippen molar-refractivity contribution in [1.82, 2.24) is 16.0 Å². The number of phenolic OH excluding ortho intramolecular Hbond substituents is 1. The molecule has 3 amide bonds. The molecule has 3 atom stereocenters. The van der Waals surface area contributed by atoms with Gasteiger partial charge in [0.15, 0.2) is 0 Å². The van der Waals surface area contributed by atoms with Crippen LogP contribution >= 0.6 is 0 Å². The maximum atomic E-state index is 12.3. The Balaban J connectivity index is 1.78. The lowest BCUT2D eigenvalue weighted by Gasteiger charge is -2.18. The first-order valence-corrected chi connectivity index (χ1v) is 10.3. The van der Waals surface area contributed by atoms with Gasteiger partial charge in [0.25, 0.3) is 0 Å². The van der Waals surface area contributed by atoms with E-state index in [1.165, 1.54) is 19.1 Å². The van der Waals surface area contributed by atoms with Gasteiger partial charge < -0.3 is 31.9 Å². The number of rotatable bonds is 11. The molecule has 0 bridgehead atoms. The second-order valence-corrected chi connectivity index (χ2v) is 7.57. The van der Waals surface area contributed by atoms with Crippen molar-refractivity contribution < 1.29 is 29.4 Å². The van der Waals surface area contributed by atoms with Gasteiger partial charge >= 0.3 is 5.97 Å². The molecule has 0 aliphatic rings. The minimum absolute atomic E-state index is 0.0980. The summed E-state index contributed by atoms with van der Waals surface area (Å²) >= 11 is 0. The Hall–Kier alpha value is -3.92. The van der Waals surface area contributed by atoms with E-state index in [4.69, 9.17) is 5.73 Å². The van der Waals surface area contributed by atoms with Crippen LogP contribution in [0.25, 0.3) is 0 Å². The fourth-order valence-electron chi connectivity index (χ4n) is 2.98. The molecular formula is C23H28N4O6. The van der Waals surface area contributed by atoms with Crippen molar-refractivity contribution in [2.45, 2.75) is 37.9 Å². The molecule has 0 aliphatic heterocycles. The molecule has 10 nitrogen and oxygen atoms in total. The minimum atomic E-state index is -1.19. The van der Waals surface area contributed by atoms with Gasteiger partial charge in [-0.2, -0.15) is 0 Å². The molecule has 0 fully saturated rings. The Morgan fingerprint density at radius 3 is 2.09 bits per heavy atom. The molecule has 2 rings (SSSR count). The summed E-state index contributed by atoms with van der Waals surface area (Å²) < 4.78 is 0. The van der Waals surface area contributed by atoms with Crippen LogP contribution in [0.15, 0.2) is 54.6 Å². The molecule has 0 saturated carbocycles. The highest BCUT2D eigenvalue weighted by Crippen LogP contribution is 2.11. The van der Waals surface area contributed by atoms with E-state index in [1.54, 1.807) is 42.5 Å². The Kier molecular flexibility index (Phi) is 9.37. The van der Waals surface area contributed by atoms with Crippen molar-refractivity contribution in [3.63, 3.8) is 0 Å². The highest BCUT2D eigenvalue weighted by atomic mass is 16.4. The quantitative estimate of drug-likeness (QED) is 0.269. The van der Waals surface area contributed by atoms with Crippen LogP contribution in [0.4, 0.5) is 0 Å². The van der Waals surface area contributed by atoms with E-state index in [2.05, 4.69) is 16.0 Å². The third-order valence-electron chi connectivity index (χ3n) is 4.82. The van der Waals surface area contributed by atoms with Crippen LogP contribution in [0.2, 0.25) is 0 Å². The summed E-state index contributed by atoms with van der Waals surface area (Å²) in [7, 11) is 0. The van der Waals surface area contributed by atoms with Gasteiger partial charge in [-0.3, -0.25) is 14.4 Å². The number of aromatic hydroxyl groups is 1. The lowest BCUT2D eigenvalue weighted by molar-refractivity contribution is -0.141. The Bertz CT molecular complexity index is 965. The number of carbonyl (C=O) groups is 4. The number of nitrogens with two attached hydrogens (primary N) is 1. The number of hydrogen-bond donors (Lipinski definition) is 6. The van der Waals surface area contributed by atoms with Crippen molar-refractivity contribution in [3.05, 3.63) is 65.7 Å². The van der Waals surface area contributed by atoms with E-state index in [1.807, 2.05) is 0 Å². The normalized spacial score (nSPS) is 13.3. The predicted octanol–water partition coefficient (Wildman–Crippen LogP) is -0.305. The molecule has 0 aliphatic carbocycles. The molecule has 2 aromatic carbocycles. The standard InChI is InChI=1S/C23H28N4O6/c1-14(26-22(31)18(24)11-16-7-9-17(28)10-8-16)21(30)25-13-20(29)27-19(23(32)33)12-15-5-3-2-4-6-15/h2-10,14,18-19,28H,11-13,24H2,1H3,(H,25,30)(H,26,31)(H,27,29)(H,32,33). The zero-order valence-corrected chi connectivity index (χ0v) is 18.2. The van der Waals surface area contributed by atoms with Crippen LogP contribution in [0.1, 0.15) is 18.1 Å². The maximum absolute atomic E-state index is 12.3. The van der Waals surface area contributed by atoms with E-state index in [-0.39, 0.29) is 18.6 Å². The summed E-state index contributed by atoms with van der Waals surface area (Å²) in [4.78, 5) is 48.0. The number of hydrogen-bond acceptors (Lipinski definition) is 6. The first kappa shape index (κ1) is 25.3. The Labute approximate surface area is 191 Å². The molecule has 0 radical (unpaired) electrons. The topological polar surface area (TPSA) is 171 Å². The average Bonchev–Trinajstić information content (AvgIpc) is 2.79. The average molecular weight is 456 g/mol. The van der Waals surface area contributed by atoms with E-state index in [9.17, 15) is 29.4 Å². The second-order valence-electron chi connectivity index (χ2n) is 7.57. The monoisotopic (exact) mass is 456 g/mol. The third-order valence-corrected chi connectivity index (χ3v) is 4.82. The smallest absolute Gasteiger partial charge is 0.326 e. The summed E-state index contributed by atoms with van der Waals surface area (Å²) in [6, 6.07) is 12.1. The van der Waals surface area contributed by atoms with Crippen LogP contribution in [0.3, 0.4) is 0 Å². The van der Waals surface area contributed by atoms with Gasteiger partial charge in [0.05, 0.1) is 12.6 Å². The van der Waals surface area contributed by atoms with Gasteiger partial charge in [0.1, 0.15) is 17.8 Å². The van der Waals surface area contributed by atoms with Gasteiger partial charge in [0.2, 0.25) is 17.7 Å². The van der Waals surface area contributed by atoms with Gasteiger partial charge in [-0.15, -0.1) is 0 Å². The van der Waals surface area contributed by atoms with Crippen molar-refractivity contribution in [2.24, 2.45) is 5.73 Å². The second kappa shape index (κ2) is 12.2. The molecule has 0 saturated heterocycles. The first-order valence-electron chi connectivity index (χ1n) is 10.3. The zero-order chi connectivity index (χ0) is 24.4. The molecule has 7 N–H and O–H groups in total. The van der Waals surface area contributed by atoms with Crippen molar-refractivity contribution in [2.75, 3.05) is 6.54 Å². The zero-order valence-electron chi connectivity index (χ0n) is 18.2. The molecule has 10 heteroatoms. The number of phenols is 1. The molecule has 0 spiro atoms. The highest BCUT2D eigenvalue weighted by molar-refractivity contribution is 5.92. The van der Waals surface area contributed by atoms with Crippen LogP contribution in [-0.4, -0.2) is 58.6 Å². The van der Waals surface area contributed by atoms with E-state index in [0.717, 1.165) is 11.1 Å². The van der Waals surface area contributed by atoms with E-state index in [0.29, 0.717) is 0 Å². The molecule has 33 heavy (non-hydrogen) atoms. The molecule has 176 valence electrons. The van der Waals surface area contributed by atoms with Crippen LogP contribution < -0.4 is 21.7 Å². The molecule has 0 aromatic heterocycles. The van der Waals surface area contributed by atoms with Gasteiger partial charge in [-0.05, 0) is 36.6 Å². The SMILES string of the molecule is CC(NC(=O)C(N)Cc1ccc(O)cc1)C(=O)NCC(=O)NC(Cc1ccccc1)C(=O)O. The number of amides is 3. The molecule has 2 aromatic rings. The minimum Gasteiger partial charge on any atom is -0.508 e. The number of aliphatic carboxylic acids is 1. The Morgan fingerprint density at radius 2 is 1.48 bits per heavy atom. The molecular weight excluding hydrogens is 428 g/mol. The number of carbonyl (C=O) groups excluding carboxylic acids is 3. The van der Waals surface area contributed by atoms with Crippen molar-refractivity contribution in [1.29, 1.82) is 0 Å². The summed E-state index contributed by atoms with van der Waals surface area (Å²) in [6.45, 7) is 0.991. The molecule has 0 heterocycles. The van der Waals surface area contributed by atoms with Crippen molar-refractivity contribution in [3.8, 4) is 5.75 Å². The van der Waals surface area contributed by atoms with E-state index < -0.39 is 48.4 Å². The Morgan fingerprint density at radius 1 is 0.879 bits per heavy atom. The van der Waals surface area contributed by atoms with Gasteiger partial charge in [0, 0.05) is 6.42 Å². The highest BCUT2D eigenvalue weighted by Gasteiger charge is 2.23.